The zero-order valence-corrected chi connectivity index (χ0v) is 18.0. The number of sulfonamides is 1. The third-order valence-electron chi connectivity index (χ3n) is 5.68. The zero-order valence-electron chi connectivity index (χ0n) is 16.4. The molecule has 0 radical (unpaired) electrons. The van der Waals surface area contributed by atoms with Crippen LogP contribution in [-0.2, 0) is 10.0 Å². The average molecular weight is 425 g/mol. The third-order valence-corrected chi connectivity index (χ3v) is 7.90. The lowest BCUT2D eigenvalue weighted by atomic mass is 9.97. The summed E-state index contributed by atoms with van der Waals surface area (Å²) in [5, 5.41) is 3.14. The molecule has 1 aromatic carbocycles. The highest BCUT2D eigenvalue weighted by Gasteiger charge is 2.29. The summed E-state index contributed by atoms with van der Waals surface area (Å²) in [4.78, 5) is 12.7. The smallest absolute Gasteiger partial charge is 0.252 e. The molecule has 1 amide bonds. The molecule has 28 heavy (non-hydrogen) atoms. The quantitative estimate of drug-likeness (QED) is 0.689. The topological polar surface area (TPSA) is 66.5 Å². The Hall–Kier alpha value is -1.37. The number of rotatable bonds is 6. The molecule has 0 bridgehead atoms. The lowest BCUT2D eigenvalue weighted by Gasteiger charge is -2.29. The highest BCUT2D eigenvalue weighted by molar-refractivity contribution is 7.89. The van der Waals surface area contributed by atoms with E-state index >= 15 is 0 Å². The van der Waals surface area contributed by atoms with Gasteiger partial charge in [-0.2, -0.15) is 4.31 Å². The van der Waals surface area contributed by atoms with E-state index in [2.05, 4.69) is 18.3 Å². The molecule has 7 heteroatoms. The second-order valence-corrected chi connectivity index (χ2v) is 10.2. The molecule has 1 N–H and O–H groups in total. The van der Waals surface area contributed by atoms with Crippen molar-refractivity contribution in [2.24, 2.45) is 5.92 Å². The van der Waals surface area contributed by atoms with Crippen molar-refractivity contribution in [2.75, 3.05) is 19.6 Å². The maximum absolute atomic E-state index is 12.9. The highest BCUT2D eigenvalue weighted by atomic mass is 35.5. The number of halogens is 1. The summed E-state index contributed by atoms with van der Waals surface area (Å²) in [5.74, 6) is 0.211. The van der Waals surface area contributed by atoms with Crippen LogP contribution >= 0.6 is 11.6 Å². The molecule has 0 aromatic heterocycles. The van der Waals surface area contributed by atoms with E-state index < -0.39 is 10.0 Å². The molecule has 1 aliphatic heterocycles. The number of nitrogens with one attached hydrogen (secondary N) is 1. The first kappa shape index (κ1) is 21.3. The van der Waals surface area contributed by atoms with Gasteiger partial charge in [0.25, 0.3) is 5.91 Å². The van der Waals surface area contributed by atoms with Crippen LogP contribution < -0.4 is 5.32 Å². The molecule has 5 nitrogen and oxygen atoms in total. The van der Waals surface area contributed by atoms with Crippen LogP contribution in [-0.4, -0.2) is 38.3 Å². The summed E-state index contributed by atoms with van der Waals surface area (Å²) in [7, 11) is -3.61. The Balaban J connectivity index is 1.68. The number of benzene rings is 1. The molecule has 3 rings (SSSR count). The Morgan fingerprint density at radius 1 is 1.25 bits per heavy atom. The average Bonchev–Trinajstić information content (AvgIpc) is 2.69. The monoisotopic (exact) mass is 424 g/mol. The lowest BCUT2D eigenvalue weighted by molar-refractivity contribution is 0.0954. The standard InChI is InChI=1S/C21H29ClN2O3S/c1-16-10-13-24(14-11-16)28(26,27)18-7-8-20(22)19(15-18)21(25)23-12-9-17-5-3-2-4-6-17/h5,7-8,15-16H,2-4,6,9-14H2,1H3,(H,23,25). The first-order valence-electron chi connectivity index (χ1n) is 10.1. The van der Waals surface area contributed by atoms with Gasteiger partial charge in [-0.25, -0.2) is 8.42 Å². The van der Waals surface area contributed by atoms with Crippen LogP contribution in [0.3, 0.4) is 0 Å². The third kappa shape index (κ3) is 5.16. The molecule has 154 valence electrons. The number of hydrogen-bond acceptors (Lipinski definition) is 3. The Kier molecular flexibility index (Phi) is 7.18. The van der Waals surface area contributed by atoms with Crippen molar-refractivity contribution in [3.8, 4) is 0 Å². The van der Waals surface area contributed by atoms with Crippen LogP contribution in [0.2, 0.25) is 5.02 Å². The van der Waals surface area contributed by atoms with Crippen LogP contribution in [0.1, 0.15) is 62.2 Å². The molecule has 0 saturated carbocycles. The second-order valence-electron chi connectivity index (χ2n) is 7.84. The summed E-state index contributed by atoms with van der Waals surface area (Å²) < 4.78 is 27.4. The van der Waals surface area contributed by atoms with E-state index in [0.717, 1.165) is 32.1 Å². The van der Waals surface area contributed by atoms with E-state index in [4.69, 9.17) is 11.6 Å². The fraction of sp³-hybridized carbons (Fsp3) is 0.571. The molecule has 2 aliphatic rings. The van der Waals surface area contributed by atoms with Crippen LogP contribution in [0.15, 0.2) is 34.7 Å². The normalized spacial score (nSPS) is 19.3. The summed E-state index contributed by atoms with van der Waals surface area (Å²) >= 11 is 6.19. The van der Waals surface area contributed by atoms with Gasteiger partial charge < -0.3 is 5.32 Å². The van der Waals surface area contributed by atoms with Gasteiger partial charge in [-0.15, -0.1) is 0 Å². The van der Waals surface area contributed by atoms with E-state index in [0.29, 0.717) is 25.6 Å². The van der Waals surface area contributed by atoms with Crippen LogP contribution in [0.25, 0.3) is 0 Å². The Morgan fingerprint density at radius 2 is 2.00 bits per heavy atom. The minimum absolute atomic E-state index is 0.131. The number of allylic oxidation sites excluding steroid dienone is 1. The molecular weight excluding hydrogens is 396 g/mol. The number of carbonyl (C=O) groups is 1. The second kappa shape index (κ2) is 9.42. The molecule has 0 unspecified atom stereocenters. The van der Waals surface area contributed by atoms with Gasteiger partial charge >= 0.3 is 0 Å². The van der Waals surface area contributed by atoms with Gasteiger partial charge in [-0.1, -0.05) is 30.2 Å². The summed E-state index contributed by atoms with van der Waals surface area (Å²) in [6.45, 7) is 3.70. The number of amides is 1. The maximum atomic E-state index is 12.9. The van der Waals surface area contributed by atoms with Gasteiger partial charge in [0.2, 0.25) is 10.0 Å². The van der Waals surface area contributed by atoms with Gasteiger partial charge in [-0.3, -0.25) is 4.79 Å². The minimum atomic E-state index is -3.61. The number of carbonyl (C=O) groups excluding carboxylic acids is 1. The van der Waals surface area contributed by atoms with Crippen molar-refractivity contribution in [3.63, 3.8) is 0 Å². The molecule has 1 heterocycles. The highest BCUT2D eigenvalue weighted by Crippen LogP contribution is 2.26. The molecule has 0 spiro atoms. The molecule has 1 saturated heterocycles. The van der Waals surface area contributed by atoms with E-state index in [1.54, 1.807) is 0 Å². The number of nitrogens with zero attached hydrogens (tertiary/aromatic N) is 1. The predicted molar refractivity (Wildman–Crippen MR) is 112 cm³/mol. The van der Waals surface area contributed by atoms with Crippen molar-refractivity contribution in [3.05, 3.63) is 40.4 Å². The summed E-state index contributed by atoms with van der Waals surface area (Å²) in [6.07, 6.45) is 9.46. The first-order valence-corrected chi connectivity index (χ1v) is 12.0. The van der Waals surface area contributed by atoms with Crippen molar-refractivity contribution in [1.29, 1.82) is 0 Å². The number of hydrogen-bond donors (Lipinski definition) is 1. The first-order chi connectivity index (χ1) is 13.4. The largest absolute Gasteiger partial charge is 0.352 e. The van der Waals surface area contributed by atoms with Crippen molar-refractivity contribution in [1.82, 2.24) is 9.62 Å². The van der Waals surface area contributed by atoms with Crippen molar-refractivity contribution in [2.45, 2.75) is 56.8 Å². The van der Waals surface area contributed by atoms with Gasteiger partial charge in [0, 0.05) is 19.6 Å². The molecule has 1 aromatic rings. The maximum Gasteiger partial charge on any atom is 0.252 e. The number of piperidine rings is 1. The summed E-state index contributed by atoms with van der Waals surface area (Å²) in [5.41, 5.74) is 1.60. The zero-order chi connectivity index (χ0) is 20.1. The van der Waals surface area contributed by atoms with Crippen LogP contribution in [0.4, 0.5) is 0 Å². The Morgan fingerprint density at radius 3 is 2.68 bits per heavy atom. The minimum Gasteiger partial charge on any atom is -0.352 e. The fourth-order valence-corrected chi connectivity index (χ4v) is 5.48. The SMILES string of the molecule is CC1CCN(S(=O)(=O)c2ccc(Cl)c(C(=O)NCCC3=CCCCC3)c2)CC1. The predicted octanol–water partition coefficient (Wildman–Crippen LogP) is 4.38. The fourth-order valence-electron chi connectivity index (χ4n) is 3.78. The van der Waals surface area contributed by atoms with Gasteiger partial charge in [0.05, 0.1) is 15.5 Å². The van der Waals surface area contributed by atoms with Crippen LogP contribution in [0.5, 0.6) is 0 Å². The van der Waals surface area contributed by atoms with Gasteiger partial charge in [-0.05, 0) is 69.1 Å². The van der Waals surface area contributed by atoms with E-state index in [1.807, 2.05) is 0 Å². The Bertz CT molecular complexity index is 843. The van der Waals surface area contributed by atoms with Gasteiger partial charge in [0.1, 0.15) is 0 Å². The molecule has 1 fully saturated rings. The van der Waals surface area contributed by atoms with E-state index in [9.17, 15) is 13.2 Å². The molecule has 0 atom stereocenters. The van der Waals surface area contributed by atoms with Crippen LogP contribution in [0, 0.1) is 5.92 Å². The van der Waals surface area contributed by atoms with Crippen molar-refractivity contribution >= 4 is 27.5 Å². The molecule has 1 aliphatic carbocycles. The van der Waals surface area contributed by atoms with E-state index in [-0.39, 0.29) is 21.4 Å². The Labute approximate surface area is 173 Å². The summed E-state index contributed by atoms with van der Waals surface area (Å²) in [6, 6.07) is 4.39. The van der Waals surface area contributed by atoms with E-state index in [1.165, 1.54) is 40.9 Å². The molecular formula is C21H29ClN2O3S. The van der Waals surface area contributed by atoms with Gasteiger partial charge in [0.15, 0.2) is 0 Å². The van der Waals surface area contributed by atoms with Crippen molar-refractivity contribution < 1.29 is 13.2 Å². The lowest BCUT2D eigenvalue weighted by Crippen LogP contribution is -2.38.